The summed E-state index contributed by atoms with van der Waals surface area (Å²) in [6.45, 7) is 0. The topological polar surface area (TPSA) is 0 Å². The van der Waals surface area contributed by atoms with Crippen LogP contribution in [0.5, 0.6) is 0 Å². The standard InChI is InChI=1S/C44H28Br2/c45-31-25-21-29(22-26-31)43(37-15-5-1-11-33(37)34-12-2-6-16-38(34)43)41-19-9-10-20-42(41)44(30-23-27-32(46)28-24-30)39-17-7-3-13-35(39)36-14-4-8-18-40(36)44/h1-28H. The van der Waals surface area contributed by atoms with Crippen LogP contribution in [0.2, 0.25) is 0 Å². The van der Waals surface area contributed by atoms with Crippen LogP contribution in [-0.2, 0) is 10.8 Å². The minimum absolute atomic E-state index is 0.542. The largest absolute Gasteiger partial charge is 0.0716 e. The molecular formula is C44H28Br2. The van der Waals surface area contributed by atoms with Crippen molar-refractivity contribution < 1.29 is 0 Å². The second-order valence-electron chi connectivity index (χ2n) is 12.2. The summed E-state index contributed by atoms with van der Waals surface area (Å²) in [7, 11) is 0. The zero-order chi connectivity index (χ0) is 30.9. The molecule has 0 unspecified atom stereocenters. The quantitative estimate of drug-likeness (QED) is 0.170. The molecule has 0 aromatic heterocycles. The third kappa shape index (κ3) is 3.66. The molecule has 46 heavy (non-hydrogen) atoms. The third-order valence-corrected chi connectivity index (χ3v) is 11.3. The fraction of sp³-hybridized carbons (Fsp3) is 0.0455. The third-order valence-electron chi connectivity index (χ3n) is 10.2. The van der Waals surface area contributed by atoms with Gasteiger partial charge in [-0.1, -0.05) is 177 Å². The second-order valence-corrected chi connectivity index (χ2v) is 14.1. The molecule has 0 fully saturated rings. The van der Waals surface area contributed by atoms with E-state index < -0.39 is 10.8 Å². The summed E-state index contributed by atoms with van der Waals surface area (Å²) in [6.07, 6.45) is 0. The van der Waals surface area contributed by atoms with Gasteiger partial charge >= 0.3 is 0 Å². The van der Waals surface area contributed by atoms with E-state index in [2.05, 4.69) is 202 Å². The predicted octanol–water partition coefficient (Wildman–Crippen LogP) is 11.9. The molecule has 9 rings (SSSR count). The molecule has 7 aromatic rings. The Morgan fingerprint density at radius 2 is 0.500 bits per heavy atom. The highest BCUT2D eigenvalue weighted by molar-refractivity contribution is 9.10. The SMILES string of the molecule is Brc1ccc(C2(c3ccccc3C3(c4ccc(Br)cc4)c4ccccc4-c4ccccc43)c3ccccc3-c3ccccc32)cc1. The van der Waals surface area contributed by atoms with E-state index >= 15 is 0 Å². The number of rotatable bonds is 4. The summed E-state index contributed by atoms with van der Waals surface area (Å²) in [6, 6.07) is 63.3. The zero-order valence-corrected chi connectivity index (χ0v) is 28.1. The Morgan fingerprint density at radius 3 is 0.783 bits per heavy atom. The van der Waals surface area contributed by atoms with Crippen molar-refractivity contribution in [2.45, 2.75) is 10.8 Å². The van der Waals surface area contributed by atoms with E-state index in [0.29, 0.717) is 0 Å². The number of halogens is 2. The first-order valence-corrected chi connectivity index (χ1v) is 17.2. The summed E-state index contributed by atoms with van der Waals surface area (Å²) >= 11 is 7.47. The second kappa shape index (κ2) is 10.5. The van der Waals surface area contributed by atoms with Crippen molar-refractivity contribution in [2.75, 3.05) is 0 Å². The first-order valence-electron chi connectivity index (χ1n) is 15.7. The summed E-state index contributed by atoms with van der Waals surface area (Å²) < 4.78 is 2.15. The fourth-order valence-electron chi connectivity index (χ4n) is 8.52. The van der Waals surface area contributed by atoms with Crippen molar-refractivity contribution in [1.29, 1.82) is 0 Å². The van der Waals surface area contributed by atoms with Crippen molar-refractivity contribution in [3.05, 3.63) is 223 Å². The van der Waals surface area contributed by atoms with Gasteiger partial charge in [0.15, 0.2) is 0 Å². The Hall–Kier alpha value is -4.50. The maximum atomic E-state index is 3.74. The lowest BCUT2D eigenvalue weighted by Gasteiger charge is -2.41. The van der Waals surface area contributed by atoms with Crippen LogP contribution in [0.1, 0.15) is 44.5 Å². The van der Waals surface area contributed by atoms with Gasteiger partial charge in [0.2, 0.25) is 0 Å². The van der Waals surface area contributed by atoms with Crippen molar-refractivity contribution in [3.8, 4) is 22.3 Å². The lowest BCUT2D eigenvalue weighted by molar-refractivity contribution is 0.697. The number of hydrogen-bond donors (Lipinski definition) is 0. The zero-order valence-electron chi connectivity index (χ0n) is 24.9. The maximum Gasteiger partial charge on any atom is 0.0716 e. The van der Waals surface area contributed by atoms with Crippen LogP contribution in [0.15, 0.2) is 179 Å². The summed E-state index contributed by atoms with van der Waals surface area (Å²) in [5, 5.41) is 0. The molecular weight excluding hydrogens is 688 g/mol. The molecule has 2 heteroatoms. The van der Waals surface area contributed by atoms with Crippen LogP contribution in [-0.4, -0.2) is 0 Å². The average molecular weight is 717 g/mol. The molecule has 0 aliphatic heterocycles. The van der Waals surface area contributed by atoms with Crippen LogP contribution >= 0.6 is 31.9 Å². The van der Waals surface area contributed by atoms with Gasteiger partial charge < -0.3 is 0 Å². The average Bonchev–Trinajstić information content (AvgIpc) is 3.58. The number of benzene rings is 7. The smallest absolute Gasteiger partial charge is 0.0619 e. The van der Waals surface area contributed by atoms with E-state index in [1.54, 1.807) is 0 Å². The van der Waals surface area contributed by atoms with Crippen LogP contribution in [0.3, 0.4) is 0 Å². The van der Waals surface area contributed by atoms with Gasteiger partial charge in [-0.3, -0.25) is 0 Å². The van der Waals surface area contributed by atoms with Crippen molar-refractivity contribution in [2.24, 2.45) is 0 Å². The molecule has 0 bridgehead atoms. The van der Waals surface area contributed by atoms with Gasteiger partial charge in [-0.2, -0.15) is 0 Å². The van der Waals surface area contributed by atoms with E-state index in [1.807, 2.05) is 0 Å². The Morgan fingerprint density at radius 1 is 0.261 bits per heavy atom. The van der Waals surface area contributed by atoms with Gasteiger partial charge in [0.1, 0.15) is 0 Å². The van der Waals surface area contributed by atoms with Gasteiger partial charge in [-0.05, 0) is 91.0 Å². The highest BCUT2D eigenvalue weighted by Gasteiger charge is 2.52. The molecule has 0 radical (unpaired) electrons. The van der Waals surface area contributed by atoms with Gasteiger partial charge in [-0.15, -0.1) is 0 Å². The van der Waals surface area contributed by atoms with Crippen LogP contribution in [0.25, 0.3) is 22.3 Å². The molecule has 0 heterocycles. The lowest BCUT2D eigenvalue weighted by Crippen LogP contribution is -2.36. The minimum Gasteiger partial charge on any atom is -0.0619 e. The summed E-state index contributed by atoms with van der Waals surface area (Å²) in [5.41, 5.74) is 14.5. The van der Waals surface area contributed by atoms with Gasteiger partial charge in [0, 0.05) is 8.95 Å². The normalized spacial score (nSPS) is 14.7. The van der Waals surface area contributed by atoms with E-state index in [4.69, 9.17) is 0 Å². The fourth-order valence-corrected chi connectivity index (χ4v) is 9.05. The molecule has 0 N–H and O–H groups in total. The maximum absolute atomic E-state index is 3.74. The van der Waals surface area contributed by atoms with E-state index in [1.165, 1.54) is 66.8 Å². The Kier molecular flexibility index (Phi) is 6.35. The number of hydrogen-bond acceptors (Lipinski definition) is 0. The Labute approximate surface area is 286 Å². The molecule has 2 aliphatic rings. The van der Waals surface area contributed by atoms with E-state index in [0.717, 1.165) is 8.95 Å². The molecule has 218 valence electrons. The molecule has 2 aliphatic carbocycles. The van der Waals surface area contributed by atoms with Crippen molar-refractivity contribution >= 4 is 31.9 Å². The van der Waals surface area contributed by atoms with Crippen LogP contribution < -0.4 is 0 Å². The Bertz CT molecular complexity index is 2020. The molecule has 0 amide bonds. The number of fused-ring (bicyclic) bond motifs is 6. The van der Waals surface area contributed by atoms with Crippen molar-refractivity contribution in [3.63, 3.8) is 0 Å². The first-order chi connectivity index (χ1) is 22.6. The highest BCUT2D eigenvalue weighted by Crippen LogP contribution is 2.62. The molecule has 0 nitrogen and oxygen atoms in total. The van der Waals surface area contributed by atoms with Crippen LogP contribution in [0, 0.1) is 0 Å². The Balaban J connectivity index is 1.49. The monoisotopic (exact) mass is 714 g/mol. The molecule has 0 atom stereocenters. The molecule has 7 aromatic carbocycles. The summed E-state index contributed by atoms with van der Waals surface area (Å²) in [4.78, 5) is 0. The van der Waals surface area contributed by atoms with Gasteiger partial charge in [-0.25, -0.2) is 0 Å². The molecule has 0 saturated carbocycles. The summed E-state index contributed by atoms with van der Waals surface area (Å²) in [5.74, 6) is 0. The highest BCUT2D eigenvalue weighted by atomic mass is 79.9. The first kappa shape index (κ1) is 27.8. The van der Waals surface area contributed by atoms with Gasteiger partial charge in [0.25, 0.3) is 0 Å². The van der Waals surface area contributed by atoms with Crippen molar-refractivity contribution in [1.82, 2.24) is 0 Å². The lowest BCUT2D eigenvalue weighted by atomic mass is 9.59. The molecule has 0 spiro atoms. The van der Waals surface area contributed by atoms with E-state index in [-0.39, 0.29) is 0 Å². The van der Waals surface area contributed by atoms with Gasteiger partial charge in [0.05, 0.1) is 10.8 Å². The minimum atomic E-state index is -0.542. The van der Waals surface area contributed by atoms with Crippen LogP contribution in [0.4, 0.5) is 0 Å². The molecule has 0 saturated heterocycles. The van der Waals surface area contributed by atoms with E-state index in [9.17, 15) is 0 Å². The predicted molar refractivity (Wildman–Crippen MR) is 196 cm³/mol.